The van der Waals surface area contributed by atoms with E-state index < -0.39 is 0 Å². The summed E-state index contributed by atoms with van der Waals surface area (Å²) in [6.45, 7) is 19.4. The largest absolute Gasteiger partial charge is 0.294 e. The normalized spacial score (nSPS) is 9.61. The first kappa shape index (κ1) is 38.9. The van der Waals surface area contributed by atoms with Crippen LogP contribution in [-0.4, -0.2) is 30.8 Å². The molecule has 0 atom stereocenters. The minimum absolute atomic E-state index is 0.0208. The molecule has 242 valence electrons. The fraction of sp³-hybridized carbons (Fsp3) is 0.250. The van der Waals surface area contributed by atoms with Crippen LogP contribution in [0.25, 0.3) is 33.5 Å². The topological polar surface area (TPSA) is 68.7 Å². The molecular weight excluding hydrogens is 568 g/mol. The molecule has 0 fully saturated rings. The monoisotopic (exact) mass is 618 g/mol. The van der Waals surface area contributed by atoms with Crippen LogP contribution in [0.3, 0.4) is 0 Å². The lowest BCUT2D eigenvalue weighted by molar-refractivity contribution is 0.101. The van der Waals surface area contributed by atoms with E-state index in [-0.39, 0.29) is 11.6 Å². The van der Waals surface area contributed by atoms with Gasteiger partial charge >= 0.3 is 0 Å². The van der Waals surface area contributed by atoms with Gasteiger partial charge in [-0.25, -0.2) is 9.03 Å². The summed E-state index contributed by atoms with van der Waals surface area (Å²) in [4.78, 5) is 24.2. The highest BCUT2D eigenvalue weighted by Crippen LogP contribution is 2.27. The third-order valence-electron chi connectivity index (χ3n) is 6.09. The predicted molar refractivity (Wildman–Crippen MR) is 196 cm³/mol. The SMILES string of the molecule is CC.CC.CC.CC.CC(=O)c1c(-c2ccccc2)nn2ccccc12.CC=CC(=O)c1c(-c2ccccc2)nn2ccccc12. The van der Waals surface area contributed by atoms with E-state index in [4.69, 9.17) is 0 Å². The van der Waals surface area contributed by atoms with Crippen molar-refractivity contribution in [3.63, 3.8) is 0 Å². The van der Waals surface area contributed by atoms with Crippen LogP contribution in [0.15, 0.2) is 122 Å². The van der Waals surface area contributed by atoms with Gasteiger partial charge in [0.05, 0.1) is 22.2 Å². The Morgan fingerprint density at radius 2 is 0.913 bits per heavy atom. The third kappa shape index (κ3) is 9.70. The standard InChI is InChI=1S/C17H14N2O.C15H12N2O.4C2H6/c1-2-8-15(20)16-14-11-6-7-12-19(14)18-17(16)13-9-4-3-5-10-13;1-11(18)14-13-9-5-6-10-17(13)16-15(14)12-7-3-2-4-8-12;4*1-2/h2-12H,1H3;2-10H,1H3;4*1-2H3. The van der Waals surface area contributed by atoms with Crippen molar-refractivity contribution in [1.29, 1.82) is 0 Å². The first-order valence-corrected chi connectivity index (χ1v) is 16.3. The van der Waals surface area contributed by atoms with Gasteiger partial charge in [-0.2, -0.15) is 10.2 Å². The average molecular weight is 619 g/mol. The van der Waals surface area contributed by atoms with E-state index in [2.05, 4.69) is 10.2 Å². The van der Waals surface area contributed by atoms with E-state index in [0.29, 0.717) is 11.1 Å². The van der Waals surface area contributed by atoms with E-state index in [1.165, 1.54) is 0 Å². The van der Waals surface area contributed by atoms with Crippen molar-refractivity contribution in [2.75, 3.05) is 0 Å². The number of benzene rings is 2. The lowest BCUT2D eigenvalue weighted by Crippen LogP contribution is -1.96. The average Bonchev–Trinajstić information content (AvgIpc) is 3.73. The summed E-state index contributed by atoms with van der Waals surface area (Å²) in [6, 6.07) is 31.0. The van der Waals surface area contributed by atoms with Gasteiger partial charge in [-0.3, -0.25) is 9.59 Å². The van der Waals surface area contributed by atoms with Crippen molar-refractivity contribution < 1.29 is 9.59 Å². The lowest BCUT2D eigenvalue weighted by Gasteiger charge is -1.99. The zero-order valence-electron chi connectivity index (χ0n) is 29.2. The molecule has 0 spiro atoms. The quantitative estimate of drug-likeness (QED) is 0.142. The molecule has 4 heterocycles. The molecule has 6 heteroatoms. The molecule has 46 heavy (non-hydrogen) atoms. The summed E-state index contributed by atoms with van der Waals surface area (Å²) < 4.78 is 3.50. The number of hydrogen-bond acceptors (Lipinski definition) is 4. The van der Waals surface area contributed by atoms with Gasteiger partial charge in [0.1, 0.15) is 11.4 Å². The molecule has 0 aliphatic rings. The molecule has 6 aromatic rings. The summed E-state index contributed by atoms with van der Waals surface area (Å²) >= 11 is 0. The molecule has 0 radical (unpaired) electrons. The van der Waals surface area contributed by atoms with Gasteiger partial charge in [-0.1, -0.05) is 134 Å². The van der Waals surface area contributed by atoms with Crippen molar-refractivity contribution in [3.05, 3.63) is 133 Å². The maximum atomic E-state index is 12.4. The fourth-order valence-corrected chi connectivity index (χ4v) is 4.42. The Labute approximate surface area is 275 Å². The Morgan fingerprint density at radius 3 is 1.30 bits per heavy atom. The van der Waals surface area contributed by atoms with E-state index in [1.807, 2.05) is 172 Å². The van der Waals surface area contributed by atoms with Crippen molar-refractivity contribution >= 4 is 22.6 Å². The summed E-state index contributed by atoms with van der Waals surface area (Å²) in [5, 5.41) is 9.05. The zero-order valence-corrected chi connectivity index (χ0v) is 29.2. The highest BCUT2D eigenvalue weighted by molar-refractivity contribution is 6.13. The summed E-state index contributed by atoms with van der Waals surface area (Å²) in [5.74, 6) is 0.0163. The summed E-state index contributed by atoms with van der Waals surface area (Å²) in [5.41, 5.74) is 6.39. The van der Waals surface area contributed by atoms with Crippen LogP contribution in [0.5, 0.6) is 0 Å². The molecule has 0 N–H and O–H groups in total. The second kappa shape index (κ2) is 21.6. The van der Waals surface area contributed by atoms with Gasteiger partial charge in [0.15, 0.2) is 11.6 Å². The molecule has 0 saturated carbocycles. The molecule has 0 amide bonds. The first-order chi connectivity index (χ1) is 22.6. The molecule has 6 nitrogen and oxygen atoms in total. The number of carbonyl (C=O) groups is 2. The Kier molecular flexibility index (Phi) is 18.3. The van der Waals surface area contributed by atoms with E-state index in [0.717, 1.165) is 33.5 Å². The zero-order chi connectivity index (χ0) is 34.5. The number of aromatic nitrogens is 4. The molecule has 0 unspecified atom stereocenters. The molecule has 2 aromatic carbocycles. The van der Waals surface area contributed by atoms with Gasteiger partial charge in [-0.05, 0) is 44.2 Å². The van der Waals surface area contributed by atoms with Crippen molar-refractivity contribution in [1.82, 2.24) is 19.2 Å². The number of hydrogen-bond donors (Lipinski definition) is 0. The number of nitrogens with zero attached hydrogens (tertiary/aromatic N) is 4. The van der Waals surface area contributed by atoms with E-state index >= 15 is 0 Å². The van der Waals surface area contributed by atoms with Gasteiger partial charge in [0, 0.05) is 23.5 Å². The number of allylic oxidation sites excluding steroid dienone is 2. The number of Topliss-reactive ketones (excluding diaryl/α,β-unsaturated/α-hetero) is 1. The van der Waals surface area contributed by atoms with Crippen LogP contribution in [0.2, 0.25) is 0 Å². The number of fused-ring (bicyclic) bond motifs is 2. The Balaban J connectivity index is 0.000000380. The van der Waals surface area contributed by atoms with Crippen molar-refractivity contribution in [2.45, 2.75) is 69.2 Å². The third-order valence-corrected chi connectivity index (χ3v) is 6.09. The second-order valence-corrected chi connectivity index (χ2v) is 8.66. The van der Waals surface area contributed by atoms with E-state index in [9.17, 15) is 9.59 Å². The van der Waals surface area contributed by atoms with Crippen LogP contribution < -0.4 is 0 Å². The number of pyridine rings is 2. The minimum Gasteiger partial charge on any atom is -0.294 e. The van der Waals surface area contributed by atoms with Gasteiger partial charge in [-0.15, -0.1) is 0 Å². The summed E-state index contributed by atoms with van der Waals surface area (Å²) in [7, 11) is 0. The minimum atomic E-state index is -0.0208. The van der Waals surface area contributed by atoms with Crippen LogP contribution in [0.4, 0.5) is 0 Å². The maximum Gasteiger partial charge on any atom is 0.189 e. The van der Waals surface area contributed by atoms with Gasteiger partial charge in [0.2, 0.25) is 0 Å². The Bertz CT molecular complexity index is 1770. The highest BCUT2D eigenvalue weighted by atomic mass is 16.1. The summed E-state index contributed by atoms with van der Waals surface area (Å²) in [6.07, 6.45) is 7.04. The lowest BCUT2D eigenvalue weighted by atomic mass is 10.0. The number of rotatable bonds is 5. The van der Waals surface area contributed by atoms with Gasteiger partial charge in [0.25, 0.3) is 0 Å². The van der Waals surface area contributed by atoms with Crippen LogP contribution in [0.1, 0.15) is 90.0 Å². The van der Waals surface area contributed by atoms with Crippen LogP contribution in [0, 0.1) is 0 Å². The molecule has 0 bridgehead atoms. The first-order valence-electron chi connectivity index (χ1n) is 16.3. The van der Waals surface area contributed by atoms with E-state index in [1.54, 1.807) is 28.1 Å². The van der Waals surface area contributed by atoms with Crippen LogP contribution in [-0.2, 0) is 0 Å². The number of ketones is 2. The number of carbonyl (C=O) groups excluding carboxylic acids is 2. The van der Waals surface area contributed by atoms with Crippen molar-refractivity contribution in [3.8, 4) is 22.5 Å². The highest BCUT2D eigenvalue weighted by Gasteiger charge is 2.19. The van der Waals surface area contributed by atoms with Crippen LogP contribution >= 0.6 is 0 Å². The molecule has 4 aromatic heterocycles. The molecule has 6 rings (SSSR count). The maximum absolute atomic E-state index is 12.4. The molecular formula is C40H50N4O2. The van der Waals surface area contributed by atoms with Gasteiger partial charge < -0.3 is 0 Å². The molecule has 0 saturated heterocycles. The Morgan fingerprint density at radius 1 is 0.543 bits per heavy atom. The Hall–Kier alpha value is -5.10. The molecule has 0 aliphatic carbocycles. The smallest absolute Gasteiger partial charge is 0.189 e. The fourth-order valence-electron chi connectivity index (χ4n) is 4.42. The predicted octanol–water partition coefficient (Wildman–Crippen LogP) is 11.1. The second-order valence-electron chi connectivity index (χ2n) is 8.66. The molecule has 0 aliphatic heterocycles. The van der Waals surface area contributed by atoms with Crippen molar-refractivity contribution in [2.24, 2.45) is 0 Å².